The number of halogens is 2. The Hall–Kier alpha value is -2.17. The third kappa shape index (κ3) is 2.55. The number of benzene rings is 1. The number of fused-ring (bicyclic) bond motifs is 1. The highest BCUT2D eigenvalue weighted by Gasteiger charge is 2.34. The van der Waals surface area contributed by atoms with E-state index in [-0.39, 0.29) is 24.3 Å². The molecule has 21 heavy (non-hydrogen) atoms. The van der Waals surface area contributed by atoms with Crippen molar-refractivity contribution in [2.75, 3.05) is 0 Å². The number of hydrogen-bond donors (Lipinski definition) is 2. The average Bonchev–Trinajstić information content (AvgIpc) is 2.88. The molecule has 1 fully saturated rings. The summed E-state index contributed by atoms with van der Waals surface area (Å²) in [4.78, 5) is 15.3. The van der Waals surface area contributed by atoms with Crippen molar-refractivity contribution in [1.82, 2.24) is 10.3 Å². The zero-order valence-corrected chi connectivity index (χ0v) is 11.4. The Morgan fingerprint density at radius 1 is 1.33 bits per heavy atom. The number of allylic oxidation sites excluding steroid dienone is 1. The second-order valence-electron chi connectivity index (χ2n) is 5.41. The molecule has 110 valence electrons. The number of H-pyrrole nitrogens is 1. The van der Waals surface area contributed by atoms with E-state index in [0.717, 1.165) is 10.9 Å². The highest BCUT2D eigenvalue weighted by atomic mass is 19.1. The number of hydrogen-bond acceptors (Lipinski definition) is 1. The van der Waals surface area contributed by atoms with Crippen molar-refractivity contribution in [3.05, 3.63) is 48.2 Å². The first-order valence-corrected chi connectivity index (χ1v) is 6.89. The molecule has 0 saturated heterocycles. The normalized spacial score (nSPS) is 26.0. The number of aromatic amines is 1. The van der Waals surface area contributed by atoms with Crippen LogP contribution in [0.25, 0.3) is 10.9 Å². The van der Waals surface area contributed by atoms with E-state index in [1.807, 2.05) is 24.3 Å². The highest BCUT2D eigenvalue weighted by molar-refractivity contribution is 6.06. The summed E-state index contributed by atoms with van der Waals surface area (Å²) in [5.74, 6) is -0.389. The van der Waals surface area contributed by atoms with E-state index in [4.69, 9.17) is 0 Å². The first kappa shape index (κ1) is 13.8. The molecule has 2 N–H and O–H groups in total. The third-order valence-electron chi connectivity index (χ3n) is 3.95. The van der Waals surface area contributed by atoms with E-state index in [1.165, 1.54) is 0 Å². The Bertz CT molecular complexity index is 694. The molecule has 3 nitrogen and oxygen atoms in total. The van der Waals surface area contributed by atoms with Crippen LogP contribution in [0, 0.1) is 0 Å². The summed E-state index contributed by atoms with van der Waals surface area (Å²) < 4.78 is 27.6. The summed E-state index contributed by atoms with van der Waals surface area (Å²) in [5, 5.41) is 3.37. The van der Waals surface area contributed by atoms with E-state index in [2.05, 4.69) is 16.9 Å². The molecule has 5 heteroatoms. The number of alkyl halides is 2. The summed E-state index contributed by atoms with van der Waals surface area (Å²) >= 11 is 0. The van der Waals surface area contributed by atoms with Crippen LogP contribution in [0.2, 0.25) is 0 Å². The fourth-order valence-corrected chi connectivity index (χ4v) is 2.71. The van der Waals surface area contributed by atoms with Crippen molar-refractivity contribution in [1.29, 1.82) is 0 Å². The summed E-state index contributed by atoms with van der Waals surface area (Å²) in [6.45, 7) is 3.52. The second-order valence-corrected chi connectivity index (χ2v) is 5.41. The largest absolute Gasteiger partial charge is 0.360 e. The van der Waals surface area contributed by atoms with Crippen LogP contribution in [0.15, 0.2) is 42.6 Å². The van der Waals surface area contributed by atoms with Gasteiger partial charge in [-0.2, -0.15) is 0 Å². The molecule has 1 aliphatic rings. The quantitative estimate of drug-likeness (QED) is 0.819. The van der Waals surface area contributed by atoms with Gasteiger partial charge in [0.2, 0.25) is 0 Å². The Labute approximate surface area is 121 Å². The number of nitrogens with one attached hydrogen (secondary N) is 2. The molecule has 2 aromatic rings. The summed E-state index contributed by atoms with van der Waals surface area (Å²) in [6, 6.07) is 6.54. The van der Waals surface area contributed by atoms with Gasteiger partial charge in [-0.15, -0.1) is 0 Å². The lowest BCUT2D eigenvalue weighted by atomic mass is 9.88. The van der Waals surface area contributed by atoms with Crippen molar-refractivity contribution in [2.45, 2.75) is 31.2 Å². The number of amides is 1. The number of para-hydroxylation sites is 1. The van der Waals surface area contributed by atoms with Gasteiger partial charge in [0.25, 0.3) is 5.91 Å². The zero-order chi connectivity index (χ0) is 15.0. The number of rotatable bonds is 2. The monoisotopic (exact) mass is 290 g/mol. The van der Waals surface area contributed by atoms with Gasteiger partial charge in [-0.1, -0.05) is 24.8 Å². The molecule has 0 spiro atoms. The van der Waals surface area contributed by atoms with E-state index in [9.17, 15) is 13.6 Å². The molecule has 1 heterocycles. The lowest BCUT2D eigenvalue weighted by molar-refractivity contribution is 0.0874. The maximum atomic E-state index is 13.9. The summed E-state index contributed by atoms with van der Waals surface area (Å²) in [6.07, 6.45) is -1.07. The van der Waals surface area contributed by atoms with Gasteiger partial charge in [-0.3, -0.25) is 4.79 Å². The molecule has 0 bridgehead atoms. The smallest absolute Gasteiger partial charge is 0.253 e. The first-order valence-electron chi connectivity index (χ1n) is 6.89. The molecule has 1 amide bonds. The molecule has 1 aromatic carbocycles. The predicted octanol–water partition coefficient (Wildman–Crippen LogP) is 3.29. The molecule has 1 aromatic heterocycles. The van der Waals surface area contributed by atoms with Gasteiger partial charge >= 0.3 is 0 Å². The van der Waals surface area contributed by atoms with E-state index in [1.54, 1.807) is 6.20 Å². The molecule has 0 aliphatic heterocycles. The van der Waals surface area contributed by atoms with Gasteiger partial charge in [-0.05, 0) is 11.6 Å². The SMILES string of the molecule is C=C1CC(F)C(NC(=O)c2c[nH]c3ccccc23)CC1F. The Morgan fingerprint density at radius 3 is 2.90 bits per heavy atom. The minimum atomic E-state index is -1.29. The molecule has 1 saturated carbocycles. The Kier molecular flexibility index (Phi) is 3.49. The summed E-state index contributed by atoms with van der Waals surface area (Å²) in [5.41, 5.74) is 1.54. The van der Waals surface area contributed by atoms with Crippen LogP contribution in [0.5, 0.6) is 0 Å². The van der Waals surface area contributed by atoms with Crippen molar-refractivity contribution in [3.63, 3.8) is 0 Å². The lowest BCUT2D eigenvalue weighted by Crippen LogP contribution is -2.46. The van der Waals surface area contributed by atoms with Gasteiger partial charge in [-0.25, -0.2) is 8.78 Å². The van der Waals surface area contributed by atoms with Crippen molar-refractivity contribution >= 4 is 16.8 Å². The first-order chi connectivity index (χ1) is 10.1. The molecular weight excluding hydrogens is 274 g/mol. The number of carbonyl (C=O) groups is 1. The number of aromatic nitrogens is 1. The maximum Gasteiger partial charge on any atom is 0.253 e. The molecule has 3 unspecified atom stereocenters. The zero-order valence-electron chi connectivity index (χ0n) is 11.4. The standard InChI is InChI=1S/C16H16F2N2O/c1-9-6-13(18)15(7-12(9)17)20-16(21)11-8-19-14-5-3-2-4-10(11)14/h2-5,8,12-13,15,19H,1,6-7H2,(H,20,21). The van der Waals surface area contributed by atoms with Crippen molar-refractivity contribution in [2.24, 2.45) is 0 Å². The topological polar surface area (TPSA) is 44.9 Å². The van der Waals surface area contributed by atoms with Crippen LogP contribution in [0.4, 0.5) is 8.78 Å². The molecule has 3 atom stereocenters. The summed E-state index contributed by atoms with van der Waals surface area (Å²) in [7, 11) is 0. The fourth-order valence-electron chi connectivity index (χ4n) is 2.71. The molecule has 0 radical (unpaired) electrons. The average molecular weight is 290 g/mol. The Morgan fingerprint density at radius 2 is 2.10 bits per heavy atom. The minimum Gasteiger partial charge on any atom is -0.360 e. The van der Waals surface area contributed by atoms with Gasteiger partial charge in [0.1, 0.15) is 12.3 Å². The van der Waals surface area contributed by atoms with Crippen molar-refractivity contribution in [3.8, 4) is 0 Å². The second kappa shape index (κ2) is 5.31. The maximum absolute atomic E-state index is 13.9. The lowest BCUT2D eigenvalue weighted by Gasteiger charge is -2.30. The van der Waals surface area contributed by atoms with Crippen LogP contribution in [-0.4, -0.2) is 29.3 Å². The van der Waals surface area contributed by atoms with Crippen LogP contribution in [-0.2, 0) is 0 Å². The third-order valence-corrected chi connectivity index (χ3v) is 3.95. The molecule has 1 aliphatic carbocycles. The van der Waals surface area contributed by atoms with E-state index >= 15 is 0 Å². The van der Waals surface area contributed by atoms with Crippen molar-refractivity contribution < 1.29 is 13.6 Å². The molecule has 3 rings (SSSR count). The fraction of sp³-hybridized carbons (Fsp3) is 0.312. The van der Waals surface area contributed by atoms with Crippen LogP contribution in [0.1, 0.15) is 23.2 Å². The van der Waals surface area contributed by atoms with Gasteiger partial charge in [0.15, 0.2) is 0 Å². The number of carbonyl (C=O) groups excluding carboxylic acids is 1. The van der Waals surface area contributed by atoms with E-state index in [0.29, 0.717) is 5.56 Å². The Balaban J connectivity index is 1.78. The van der Waals surface area contributed by atoms with Gasteiger partial charge < -0.3 is 10.3 Å². The van der Waals surface area contributed by atoms with Gasteiger partial charge in [0.05, 0.1) is 11.6 Å². The minimum absolute atomic E-state index is 0.0417. The van der Waals surface area contributed by atoms with Gasteiger partial charge in [0, 0.05) is 29.9 Å². The van der Waals surface area contributed by atoms with E-state index < -0.39 is 18.4 Å². The molecular formula is C16H16F2N2O. The van der Waals surface area contributed by atoms with Crippen LogP contribution < -0.4 is 5.32 Å². The van der Waals surface area contributed by atoms with Crippen LogP contribution >= 0.6 is 0 Å². The predicted molar refractivity (Wildman–Crippen MR) is 77.7 cm³/mol. The van der Waals surface area contributed by atoms with Crippen LogP contribution in [0.3, 0.4) is 0 Å². The highest BCUT2D eigenvalue weighted by Crippen LogP contribution is 2.28.